The van der Waals surface area contributed by atoms with Crippen molar-refractivity contribution in [1.82, 2.24) is 0 Å². The number of aliphatic carboxylic acids is 2. The molecule has 0 aliphatic rings. The number of aliphatic hydroxyl groups excluding tert-OH is 2. The van der Waals surface area contributed by atoms with E-state index in [-0.39, 0.29) is 59.1 Å². The molecule has 2 atom stereocenters. The first-order chi connectivity index (χ1) is 5.46. The van der Waals surface area contributed by atoms with Gasteiger partial charge in [-0.15, -0.1) is 0 Å². The van der Waals surface area contributed by atoms with Crippen molar-refractivity contribution in [2.24, 2.45) is 0 Å². The molecule has 0 rings (SSSR count). The van der Waals surface area contributed by atoms with E-state index in [2.05, 4.69) is 0 Å². The molecule has 0 bridgehead atoms. The van der Waals surface area contributed by atoms with Crippen LogP contribution in [0.5, 0.6) is 0 Å². The molecule has 0 aromatic rings. The van der Waals surface area contributed by atoms with Gasteiger partial charge in [-0.05, 0) is 0 Å². The summed E-state index contributed by atoms with van der Waals surface area (Å²) in [6.07, 6.45) is -4.88. The molecule has 72 valence electrons. The van der Waals surface area contributed by atoms with Gasteiger partial charge >= 0.3 is 59.1 Å². The van der Waals surface area contributed by atoms with Gasteiger partial charge in [0.1, 0.15) is 12.2 Å². The smallest absolute Gasteiger partial charge is 0.547 e. The van der Waals surface area contributed by atoms with E-state index in [1.807, 2.05) is 0 Å². The van der Waals surface area contributed by atoms with Gasteiger partial charge in [0.15, 0.2) is 0 Å². The van der Waals surface area contributed by atoms with Crippen molar-refractivity contribution in [3.8, 4) is 0 Å². The van der Waals surface area contributed by atoms with Gasteiger partial charge in [0.05, 0.1) is 11.9 Å². The fourth-order valence-electron chi connectivity index (χ4n) is 0.258. The molecular weight excluding hydrogens is 222 g/mol. The summed E-state index contributed by atoms with van der Waals surface area (Å²) in [5, 5.41) is 47.7. The van der Waals surface area contributed by atoms with Crippen LogP contribution in [0.3, 0.4) is 0 Å². The Morgan fingerprint density at radius 1 is 0.857 bits per heavy atom. The Kier molecular flexibility index (Phi) is 23.8. The zero-order valence-corrected chi connectivity index (χ0v) is 11.6. The van der Waals surface area contributed by atoms with Gasteiger partial charge in [-0.1, -0.05) is 0 Å². The van der Waals surface area contributed by atoms with Gasteiger partial charge < -0.3 is 30.0 Å². The molecule has 14 heavy (non-hydrogen) atoms. The Hall–Kier alpha value is 0.780. The standard InChI is InChI=1S/C4H6O6.2Na.H2O2/c5-1(3(7)8)2(6)4(9)10;;;1-2/h1-2,5-6H,(H,7,8)(H,9,10);;;1-2H/q;2*+1;/p-2. The zero-order chi connectivity index (χ0) is 10.3. The quantitative estimate of drug-likeness (QED) is 0.210. The average Bonchev–Trinajstić information content (AvgIpc) is 2.05. The summed E-state index contributed by atoms with van der Waals surface area (Å²) in [4.78, 5) is 19.3. The molecule has 10 heteroatoms. The SMILES string of the molecule is O=C([O-])C(O)C(O)C(=O)[O-].OO.[Na+].[Na+]. The minimum absolute atomic E-state index is 0. The first-order valence-electron chi connectivity index (χ1n) is 2.44. The monoisotopic (exact) mass is 228 g/mol. The summed E-state index contributed by atoms with van der Waals surface area (Å²) in [6.45, 7) is 0. The van der Waals surface area contributed by atoms with Crippen LogP contribution < -0.4 is 69.3 Å². The number of carbonyl (C=O) groups is 2. The Morgan fingerprint density at radius 3 is 1.07 bits per heavy atom. The van der Waals surface area contributed by atoms with E-state index >= 15 is 0 Å². The van der Waals surface area contributed by atoms with E-state index < -0.39 is 24.1 Å². The van der Waals surface area contributed by atoms with Crippen molar-refractivity contribution in [2.75, 3.05) is 0 Å². The fraction of sp³-hybridized carbons (Fsp3) is 0.500. The molecule has 0 heterocycles. The molecule has 0 spiro atoms. The minimum Gasteiger partial charge on any atom is -0.547 e. The Bertz CT molecular complexity index is 143. The number of carbonyl (C=O) groups excluding carboxylic acids is 2. The van der Waals surface area contributed by atoms with Crippen LogP contribution in [0, 0.1) is 0 Å². The van der Waals surface area contributed by atoms with Gasteiger partial charge in [0.25, 0.3) is 0 Å². The number of rotatable bonds is 3. The first-order valence-corrected chi connectivity index (χ1v) is 2.44. The van der Waals surface area contributed by atoms with Crippen molar-refractivity contribution < 1.29 is 99.6 Å². The van der Waals surface area contributed by atoms with Crippen LogP contribution in [-0.2, 0) is 9.59 Å². The van der Waals surface area contributed by atoms with E-state index in [0.29, 0.717) is 0 Å². The normalized spacial score (nSPS) is 11.7. The third kappa shape index (κ3) is 10.9. The molecule has 0 saturated heterocycles. The summed E-state index contributed by atoms with van der Waals surface area (Å²) >= 11 is 0. The minimum atomic E-state index is -2.44. The Balaban J connectivity index is -0.000000117. The molecule has 0 aromatic carbocycles. The number of aliphatic hydroxyl groups is 2. The van der Waals surface area contributed by atoms with Crippen LogP contribution in [0.4, 0.5) is 0 Å². The molecule has 0 saturated carbocycles. The summed E-state index contributed by atoms with van der Waals surface area (Å²) < 4.78 is 0. The van der Waals surface area contributed by atoms with Crippen LogP contribution in [0.2, 0.25) is 0 Å². The topological polar surface area (TPSA) is 161 Å². The van der Waals surface area contributed by atoms with Gasteiger partial charge in [-0.2, -0.15) is 0 Å². The molecule has 0 radical (unpaired) electrons. The van der Waals surface area contributed by atoms with Crippen LogP contribution in [-0.4, -0.2) is 44.9 Å². The third-order valence-corrected chi connectivity index (χ3v) is 0.782. The van der Waals surface area contributed by atoms with E-state index in [1.165, 1.54) is 0 Å². The van der Waals surface area contributed by atoms with Gasteiger partial charge in [-0.3, -0.25) is 10.5 Å². The maximum atomic E-state index is 9.63. The number of carboxylic acid groups (broad SMARTS) is 2. The molecule has 2 unspecified atom stereocenters. The molecule has 0 aliphatic heterocycles. The first kappa shape index (κ1) is 24.2. The summed E-state index contributed by atoms with van der Waals surface area (Å²) in [5.41, 5.74) is 0. The molecule has 0 amide bonds. The number of hydrogen-bond acceptors (Lipinski definition) is 8. The van der Waals surface area contributed by atoms with Crippen molar-refractivity contribution in [3.05, 3.63) is 0 Å². The van der Waals surface area contributed by atoms with Gasteiger partial charge in [0.2, 0.25) is 0 Å². The predicted molar refractivity (Wildman–Crippen MR) is 27.3 cm³/mol. The van der Waals surface area contributed by atoms with Crippen molar-refractivity contribution in [2.45, 2.75) is 12.2 Å². The van der Waals surface area contributed by atoms with Crippen molar-refractivity contribution >= 4 is 11.9 Å². The molecular formula is C4H6Na2O8. The summed E-state index contributed by atoms with van der Waals surface area (Å²) in [7, 11) is 0. The van der Waals surface area contributed by atoms with Crippen molar-refractivity contribution in [3.63, 3.8) is 0 Å². The predicted octanol–water partition coefficient (Wildman–Crippen LogP) is -10.8. The molecule has 0 aliphatic carbocycles. The van der Waals surface area contributed by atoms with Crippen LogP contribution in [0.15, 0.2) is 0 Å². The van der Waals surface area contributed by atoms with Crippen molar-refractivity contribution in [1.29, 1.82) is 0 Å². The second-order valence-electron chi connectivity index (χ2n) is 1.53. The maximum absolute atomic E-state index is 9.63. The van der Waals surface area contributed by atoms with E-state index in [0.717, 1.165) is 0 Å². The van der Waals surface area contributed by atoms with Crippen LogP contribution in [0.1, 0.15) is 0 Å². The largest absolute Gasteiger partial charge is 1.00 e. The van der Waals surface area contributed by atoms with Crippen LogP contribution in [0.25, 0.3) is 0 Å². The number of hydrogen-bond donors (Lipinski definition) is 4. The third-order valence-electron chi connectivity index (χ3n) is 0.782. The fourth-order valence-corrected chi connectivity index (χ4v) is 0.258. The summed E-state index contributed by atoms with van der Waals surface area (Å²) in [6, 6.07) is 0. The van der Waals surface area contributed by atoms with Gasteiger partial charge in [0, 0.05) is 0 Å². The molecule has 0 fully saturated rings. The summed E-state index contributed by atoms with van der Waals surface area (Å²) in [5.74, 6) is -4.12. The van der Waals surface area contributed by atoms with E-state index in [9.17, 15) is 19.8 Å². The van der Waals surface area contributed by atoms with Crippen LogP contribution >= 0.6 is 0 Å². The maximum Gasteiger partial charge on any atom is 1.00 e. The van der Waals surface area contributed by atoms with E-state index in [4.69, 9.17) is 20.7 Å². The Labute approximate surface area is 123 Å². The van der Waals surface area contributed by atoms with E-state index in [1.54, 1.807) is 0 Å². The molecule has 8 nitrogen and oxygen atoms in total. The number of carboxylic acids is 2. The average molecular weight is 228 g/mol. The zero-order valence-electron chi connectivity index (χ0n) is 7.58. The second kappa shape index (κ2) is 13.8. The molecule has 0 aromatic heterocycles. The Morgan fingerprint density at radius 2 is 1.00 bits per heavy atom. The second-order valence-corrected chi connectivity index (χ2v) is 1.53. The molecule has 4 N–H and O–H groups in total. The van der Waals surface area contributed by atoms with Gasteiger partial charge in [-0.25, -0.2) is 0 Å².